The number of piperazine rings is 1. The predicted octanol–water partition coefficient (Wildman–Crippen LogP) is 4.10. The van der Waals surface area contributed by atoms with Crippen molar-refractivity contribution in [3.8, 4) is 0 Å². The first-order valence-corrected chi connectivity index (χ1v) is 11.7. The van der Waals surface area contributed by atoms with E-state index in [4.69, 9.17) is 0 Å². The van der Waals surface area contributed by atoms with Crippen LogP contribution in [0.25, 0.3) is 10.8 Å². The number of carbonyl (C=O) groups is 1. The zero-order chi connectivity index (χ0) is 23.7. The number of amides is 1. The van der Waals surface area contributed by atoms with Crippen molar-refractivity contribution in [2.24, 2.45) is 0 Å². The normalized spacial score (nSPS) is 14.5. The second-order valence-electron chi connectivity index (χ2n) is 9.08. The molecule has 2 aromatic heterocycles. The van der Waals surface area contributed by atoms with Gasteiger partial charge in [0.2, 0.25) is 0 Å². The van der Waals surface area contributed by atoms with E-state index >= 15 is 0 Å². The zero-order valence-corrected chi connectivity index (χ0v) is 20.0. The van der Waals surface area contributed by atoms with Gasteiger partial charge in [0.25, 0.3) is 5.91 Å². The fourth-order valence-corrected chi connectivity index (χ4v) is 4.57. The number of hydrogen-bond donors (Lipinski definition) is 1. The van der Waals surface area contributed by atoms with Crippen molar-refractivity contribution in [3.63, 3.8) is 0 Å². The van der Waals surface area contributed by atoms with Crippen molar-refractivity contribution in [2.75, 3.05) is 43.4 Å². The molecule has 1 N–H and O–H groups in total. The number of aryl methyl sites for hydroxylation is 2. The Morgan fingerprint density at radius 3 is 2.44 bits per heavy atom. The lowest BCUT2D eigenvalue weighted by Gasteiger charge is -2.34. The summed E-state index contributed by atoms with van der Waals surface area (Å²) in [5.74, 6) is -0.129. The minimum atomic E-state index is -0.129. The van der Waals surface area contributed by atoms with Crippen LogP contribution in [-0.4, -0.2) is 58.8 Å². The van der Waals surface area contributed by atoms with E-state index in [0.29, 0.717) is 12.1 Å². The standard InChI is InChI=1S/C27H30N6O/c1-19-16-20(2)33(30-19)18-21-4-6-22(7-5-21)27(34)29-25-8-9-26(23-10-11-28-17-24(23)25)32-14-12-31(3)13-15-32/h4-11,16-17H,12-15,18H2,1-3H3,(H,29,34). The minimum absolute atomic E-state index is 0.129. The highest BCUT2D eigenvalue weighted by molar-refractivity contribution is 6.11. The number of aromatic nitrogens is 3. The third-order valence-electron chi connectivity index (χ3n) is 6.54. The maximum atomic E-state index is 13.0. The summed E-state index contributed by atoms with van der Waals surface area (Å²) in [5.41, 5.74) is 5.83. The van der Waals surface area contributed by atoms with Crippen molar-refractivity contribution >= 4 is 28.1 Å². The Morgan fingerprint density at radius 1 is 0.971 bits per heavy atom. The van der Waals surface area contributed by atoms with Crippen molar-refractivity contribution < 1.29 is 4.79 Å². The summed E-state index contributed by atoms with van der Waals surface area (Å²) in [6.45, 7) is 8.80. The molecular weight excluding hydrogens is 424 g/mol. The number of pyridine rings is 1. The lowest BCUT2D eigenvalue weighted by atomic mass is 10.1. The Bertz CT molecular complexity index is 1320. The van der Waals surface area contributed by atoms with E-state index in [-0.39, 0.29) is 5.91 Å². The molecule has 0 spiro atoms. The number of nitrogens with zero attached hydrogens (tertiary/aromatic N) is 5. The van der Waals surface area contributed by atoms with Crippen LogP contribution in [0.5, 0.6) is 0 Å². The van der Waals surface area contributed by atoms with Crippen LogP contribution in [0.4, 0.5) is 11.4 Å². The zero-order valence-electron chi connectivity index (χ0n) is 20.0. The number of fused-ring (bicyclic) bond motifs is 1. The van der Waals surface area contributed by atoms with Crippen LogP contribution >= 0.6 is 0 Å². The lowest BCUT2D eigenvalue weighted by Crippen LogP contribution is -2.44. The van der Waals surface area contributed by atoms with Crippen LogP contribution in [0.2, 0.25) is 0 Å². The van der Waals surface area contributed by atoms with Gasteiger partial charge < -0.3 is 15.1 Å². The number of hydrogen-bond acceptors (Lipinski definition) is 5. The van der Waals surface area contributed by atoms with Gasteiger partial charge in [0, 0.05) is 66.3 Å². The first kappa shape index (κ1) is 22.1. The Kier molecular flexibility index (Phi) is 6.02. The summed E-state index contributed by atoms with van der Waals surface area (Å²) in [7, 11) is 2.16. The molecule has 0 saturated carbocycles. The smallest absolute Gasteiger partial charge is 0.255 e. The van der Waals surface area contributed by atoms with Crippen LogP contribution in [-0.2, 0) is 6.54 Å². The highest BCUT2D eigenvalue weighted by Gasteiger charge is 2.18. The number of nitrogens with one attached hydrogen (secondary N) is 1. The number of carbonyl (C=O) groups excluding carboxylic acids is 1. The molecule has 1 aliphatic rings. The van der Waals surface area contributed by atoms with Gasteiger partial charge in [0.15, 0.2) is 0 Å². The molecule has 4 aromatic rings. The number of likely N-dealkylation sites (N-methyl/N-ethyl adjacent to an activating group) is 1. The van der Waals surface area contributed by atoms with Gasteiger partial charge in [-0.3, -0.25) is 14.5 Å². The van der Waals surface area contributed by atoms with E-state index in [1.807, 2.05) is 60.4 Å². The highest BCUT2D eigenvalue weighted by atomic mass is 16.1. The van der Waals surface area contributed by atoms with Crippen LogP contribution < -0.4 is 10.2 Å². The molecule has 1 aliphatic heterocycles. The second kappa shape index (κ2) is 9.27. The molecule has 7 nitrogen and oxygen atoms in total. The summed E-state index contributed by atoms with van der Waals surface area (Å²) < 4.78 is 1.98. The number of rotatable bonds is 5. The van der Waals surface area contributed by atoms with E-state index < -0.39 is 0 Å². The largest absolute Gasteiger partial charge is 0.368 e. The summed E-state index contributed by atoms with van der Waals surface area (Å²) in [5, 5.41) is 9.68. The molecule has 0 unspecified atom stereocenters. The average Bonchev–Trinajstić information content (AvgIpc) is 3.16. The fraction of sp³-hybridized carbons (Fsp3) is 0.296. The third-order valence-corrected chi connectivity index (χ3v) is 6.54. The van der Waals surface area contributed by atoms with Crippen molar-refractivity contribution in [3.05, 3.63) is 83.4 Å². The molecule has 1 fully saturated rings. The Balaban J connectivity index is 1.34. The van der Waals surface area contributed by atoms with E-state index in [1.54, 1.807) is 0 Å². The monoisotopic (exact) mass is 454 g/mol. The lowest BCUT2D eigenvalue weighted by molar-refractivity contribution is 0.102. The molecule has 1 saturated heterocycles. The van der Waals surface area contributed by atoms with E-state index in [2.05, 4.69) is 51.3 Å². The second-order valence-corrected chi connectivity index (χ2v) is 9.08. The molecule has 0 radical (unpaired) electrons. The number of anilines is 2. The quantitative estimate of drug-likeness (QED) is 0.492. The fourth-order valence-electron chi connectivity index (χ4n) is 4.57. The maximum Gasteiger partial charge on any atom is 0.255 e. The Morgan fingerprint density at radius 2 is 1.74 bits per heavy atom. The Labute approximate surface area is 200 Å². The maximum absolute atomic E-state index is 13.0. The van der Waals surface area contributed by atoms with Crippen molar-refractivity contribution in [2.45, 2.75) is 20.4 Å². The van der Waals surface area contributed by atoms with Gasteiger partial charge >= 0.3 is 0 Å². The first-order valence-electron chi connectivity index (χ1n) is 11.7. The molecule has 34 heavy (non-hydrogen) atoms. The van der Waals surface area contributed by atoms with Crippen molar-refractivity contribution in [1.82, 2.24) is 19.7 Å². The SMILES string of the molecule is Cc1cc(C)n(Cc2ccc(C(=O)Nc3ccc(N4CCN(C)CC4)c4ccncc34)cc2)n1. The van der Waals surface area contributed by atoms with E-state index in [1.165, 1.54) is 5.69 Å². The van der Waals surface area contributed by atoms with Crippen LogP contribution in [0.3, 0.4) is 0 Å². The van der Waals surface area contributed by atoms with Gasteiger partial charge in [-0.15, -0.1) is 0 Å². The molecule has 3 heterocycles. The van der Waals surface area contributed by atoms with Gasteiger partial charge in [0.05, 0.1) is 17.9 Å². The van der Waals surface area contributed by atoms with E-state index in [9.17, 15) is 4.79 Å². The predicted molar refractivity (Wildman–Crippen MR) is 137 cm³/mol. The molecule has 2 aromatic carbocycles. The minimum Gasteiger partial charge on any atom is -0.368 e. The molecular formula is C27H30N6O. The van der Waals surface area contributed by atoms with Crippen LogP contribution in [0.1, 0.15) is 27.3 Å². The van der Waals surface area contributed by atoms with Gasteiger partial charge in [0.1, 0.15) is 0 Å². The van der Waals surface area contributed by atoms with Gasteiger partial charge in [-0.25, -0.2) is 0 Å². The van der Waals surface area contributed by atoms with Gasteiger partial charge in [-0.1, -0.05) is 12.1 Å². The molecule has 174 valence electrons. The first-order chi connectivity index (χ1) is 16.5. The number of benzene rings is 2. The Hall–Kier alpha value is -3.71. The third kappa shape index (κ3) is 4.52. The summed E-state index contributed by atoms with van der Waals surface area (Å²) in [6, 6.07) is 15.9. The summed E-state index contributed by atoms with van der Waals surface area (Å²) in [6.07, 6.45) is 3.65. The molecule has 5 rings (SSSR count). The van der Waals surface area contributed by atoms with Crippen LogP contribution in [0.15, 0.2) is 60.9 Å². The van der Waals surface area contributed by atoms with Crippen molar-refractivity contribution in [1.29, 1.82) is 0 Å². The topological polar surface area (TPSA) is 66.3 Å². The molecule has 0 aliphatic carbocycles. The summed E-state index contributed by atoms with van der Waals surface area (Å²) >= 11 is 0. The van der Waals surface area contributed by atoms with Crippen LogP contribution in [0, 0.1) is 13.8 Å². The highest BCUT2D eigenvalue weighted by Crippen LogP contribution is 2.32. The molecule has 1 amide bonds. The average molecular weight is 455 g/mol. The summed E-state index contributed by atoms with van der Waals surface area (Å²) in [4.78, 5) is 22.1. The van der Waals surface area contributed by atoms with Gasteiger partial charge in [-0.05, 0) is 62.9 Å². The van der Waals surface area contributed by atoms with E-state index in [0.717, 1.165) is 59.6 Å². The molecule has 0 atom stereocenters. The molecule has 0 bridgehead atoms. The molecule has 7 heteroatoms. The van der Waals surface area contributed by atoms with Gasteiger partial charge in [-0.2, -0.15) is 5.10 Å².